The van der Waals surface area contributed by atoms with E-state index in [1.165, 1.54) is 24.1 Å². The van der Waals surface area contributed by atoms with Crippen molar-refractivity contribution in [3.05, 3.63) is 21.3 Å². The second-order valence-corrected chi connectivity index (χ2v) is 5.74. The SMILES string of the molecule is CCCNC(CC(C)CC)c1sccc1Cl. The fraction of sp³-hybridized carbons (Fsp3) is 0.692. The molecule has 1 aromatic heterocycles. The molecular formula is C13H22ClNS. The van der Waals surface area contributed by atoms with Gasteiger partial charge < -0.3 is 5.32 Å². The lowest BCUT2D eigenvalue weighted by Gasteiger charge is -2.21. The lowest BCUT2D eigenvalue weighted by atomic mass is 9.98. The Kier molecular flexibility index (Phi) is 6.40. The van der Waals surface area contributed by atoms with Crippen LogP contribution in [0.1, 0.15) is 51.0 Å². The van der Waals surface area contributed by atoms with Crippen LogP contribution in [0.2, 0.25) is 5.02 Å². The smallest absolute Gasteiger partial charge is 0.0561 e. The first kappa shape index (κ1) is 14.0. The summed E-state index contributed by atoms with van der Waals surface area (Å²) >= 11 is 7.98. The maximum Gasteiger partial charge on any atom is 0.0561 e. The number of thiophene rings is 1. The fourth-order valence-electron chi connectivity index (χ4n) is 1.72. The van der Waals surface area contributed by atoms with Crippen LogP contribution in [0, 0.1) is 5.92 Å². The van der Waals surface area contributed by atoms with Gasteiger partial charge in [0.1, 0.15) is 0 Å². The quantitative estimate of drug-likeness (QED) is 0.736. The molecular weight excluding hydrogens is 238 g/mol. The van der Waals surface area contributed by atoms with Gasteiger partial charge in [-0.05, 0) is 36.8 Å². The van der Waals surface area contributed by atoms with Crippen molar-refractivity contribution >= 4 is 22.9 Å². The molecule has 0 aliphatic rings. The van der Waals surface area contributed by atoms with Gasteiger partial charge in [-0.3, -0.25) is 0 Å². The third kappa shape index (κ3) is 4.08. The summed E-state index contributed by atoms with van der Waals surface area (Å²) in [6, 6.07) is 2.43. The van der Waals surface area contributed by atoms with E-state index in [0.29, 0.717) is 6.04 Å². The zero-order valence-electron chi connectivity index (χ0n) is 10.4. The fourth-order valence-corrected chi connectivity index (χ4v) is 3.00. The van der Waals surface area contributed by atoms with Crippen molar-refractivity contribution in [2.75, 3.05) is 6.54 Å². The first-order valence-electron chi connectivity index (χ1n) is 6.15. The van der Waals surface area contributed by atoms with Gasteiger partial charge in [0.2, 0.25) is 0 Å². The molecule has 0 radical (unpaired) electrons. The Bertz CT molecular complexity index is 298. The lowest BCUT2D eigenvalue weighted by molar-refractivity contribution is 0.406. The molecule has 92 valence electrons. The second-order valence-electron chi connectivity index (χ2n) is 4.39. The van der Waals surface area contributed by atoms with Crippen LogP contribution >= 0.6 is 22.9 Å². The molecule has 0 spiro atoms. The largest absolute Gasteiger partial charge is 0.309 e. The Morgan fingerprint density at radius 2 is 2.19 bits per heavy atom. The minimum Gasteiger partial charge on any atom is -0.309 e. The van der Waals surface area contributed by atoms with E-state index in [-0.39, 0.29) is 0 Å². The van der Waals surface area contributed by atoms with Crippen molar-refractivity contribution in [2.24, 2.45) is 5.92 Å². The van der Waals surface area contributed by atoms with Gasteiger partial charge in [-0.25, -0.2) is 0 Å². The summed E-state index contributed by atoms with van der Waals surface area (Å²) < 4.78 is 0. The zero-order valence-corrected chi connectivity index (χ0v) is 12.0. The predicted octanol–water partition coefficient (Wildman–Crippen LogP) is 4.88. The molecule has 0 bridgehead atoms. The van der Waals surface area contributed by atoms with E-state index in [9.17, 15) is 0 Å². The van der Waals surface area contributed by atoms with E-state index in [0.717, 1.165) is 17.5 Å². The molecule has 1 heterocycles. The van der Waals surface area contributed by atoms with Gasteiger partial charge in [-0.1, -0.05) is 38.8 Å². The van der Waals surface area contributed by atoms with Gasteiger partial charge in [0.05, 0.1) is 5.02 Å². The van der Waals surface area contributed by atoms with Gasteiger partial charge in [0, 0.05) is 10.9 Å². The molecule has 0 saturated carbocycles. The van der Waals surface area contributed by atoms with E-state index in [2.05, 4.69) is 31.5 Å². The van der Waals surface area contributed by atoms with E-state index in [1.54, 1.807) is 11.3 Å². The maximum absolute atomic E-state index is 6.21. The molecule has 0 amide bonds. The molecule has 16 heavy (non-hydrogen) atoms. The molecule has 1 rings (SSSR count). The number of hydrogen-bond acceptors (Lipinski definition) is 2. The number of rotatable bonds is 7. The van der Waals surface area contributed by atoms with E-state index >= 15 is 0 Å². The molecule has 2 unspecified atom stereocenters. The van der Waals surface area contributed by atoms with Gasteiger partial charge in [0.25, 0.3) is 0 Å². The predicted molar refractivity (Wildman–Crippen MR) is 74.4 cm³/mol. The van der Waals surface area contributed by atoms with Crippen LogP contribution in [0.5, 0.6) is 0 Å². The molecule has 1 N–H and O–H groups in total. The Balaban J connectivity index is 2.67. The topological polar surface area (TPSA) is 12.0 Å². The zero-order chi connectivity index (χ0) is 12.0. The van der Waals surface area contributed by atoms with Gasteiger partial charge in [-0.2, -0.15) is 0 Å². The Hall–Kier alpha value is -0.0500. The van der Waals surface area contributed by atoms with Crippen molar-refractivity contribution < 1.29 is 0 Å². The summed E-state index contributed by atoms with van der Waals surface area (Å²) in [6.07, 6.45) is 3.57. The Morgan fingerprint density at radius 1 is 1.44 bits per heavy atom. The average Bonchev–Trinajstić information content (AvgIpc) is 2.70. The summed E-state index contributed by atoms with van der Waals surface area (Å²) in [5, 5.41) is 6.60. The van der Waals surface area contributed by atoms with Gasteiger partial charge >= 0.3 is 0 Å². The third-order valence-corrected chi connectivity index (χ3v) is 4.41. The molecule has 0 saturated heterocycles. The maximum atomic E-state index is 6.21. The summed E-state index contributed by atoms with van der Waals surface area (Å²) in [7, 11) is 0. The van der Waals surface area contributed by atoms with Crippen LogP contribution < -0.4 is 5.32 Å². The number of hydrogen-bond donors (Lipinski definition) is 1. The van der Waals surface area contributed by atoms with E-state index in [1.807, 2.05) is 6.07 Å². The van der Waals surface area contributed by atoms with Crippen LogP contribution in [0.3, 0.4) is 0 Å². The highest BCUT2D eigenvalue weighted by atomic mass is 35.5. The highest BCUT2D eigenvalue weighted by Crippen LogP contribution is 2.32. The van der Waals surface area contributed by atoms with Crippen LogP contribution in [0.4, 0.5) is 0 Å². The van der Waals surface area contributed by atoms with Crippen LogP contribution in [-0.4, -0.2) is 6.54 Å². The molecule has 3 heteroatoms. The van der Waals surface area contributed by atoms with Crippen molar-refractivity contribution in [1.29, 1.82) is 0 Å². The summed E-state index contributed by atoms with van der Waals surface area (Å²) in [5.41, 5.74) is 0. The first-order chi connectivity index (χ1) is 7.69. The molecule has 1 nitrogen and oxygen atoms in total. The monoisotopic (exact) mass is 259 g/mol. The van der Waals surface area contributed by atoms with Crippen LogP contribution in [0.25, 0.3) is 0 Å². The molecule has 1 aromatic rings. The Labute approximate surface area is 108 Å². The Morgan fingerprint density at radius 3 is 2.69 bits per heavy atom. The highest BCUT2D eigenvalue weighted by Gasteiger charge is 2.17. The molecule has 2 atom stereocenters. The minimum atomic E-state index is 0.433. The molecule has 0 aliphatic heterocycles. The van der Waals surface area contributed by atoms with Crippen LogP contribution in [0.15, 0.2) is 11.4 Å². The third-order valence-electron chi connectivity index (χ3n) is 2.94. The second kappa shape index (κ2) is 7.31. The average molecular weight is 260 g/mol. The summed E-state index contributed by atoms with van der Waals surface area (Å²) in [5.74, 6) is 0.743. The molecule has 0 aromatic carbocycles. The highest BCUT2D eigenvalue weighted by molar-refractivity contribution is 7.10. The summed E-state index contributed by atoms with van der Waals surface area (Å²) in [6.45, 7) is 7.82. The van der Waals surface area contributed by atoms with Crippen molar-refractivity contribution in [3.8, 4) is 0 Å². The van der Waals surface area contributed by atoms with Crippen molar-refractivity contribution in [3.63, 3.8) is 0 Å². The normalized spacial score (nSPS) is 15.0. The lowest BCUT2D eigenvalue weighted by Crippen LogP contribution is -2.23. The number of nitrogens with one attached hydrogen (secondary N) is 1. The molecule has 0 aliphatic carbocycles. The van der Waals surface area contributed by atoms with Gasteiger partial charge in [0.15, 0.2) is 0 Å². The van der Waals surface area contributed by atoms with Crippen molar-refractivity contribution in [1.82, 2.24) is 5.32 Å². The van der Waals surface area contributed by atoms with Crippen LogP contribution in [-0.2, 0) is 0 Å². The standard InChI is InChI=1S/C13H22ClNS/c1-4-7-15-12(9-10(3)5-2)13-11(14)6-8-16-13/h6,8,10,12,15H,4-5,7,9H2,1-3H3. The van der Waals surface area contributed by atoms with Gasteiger partial charge in [-0.15, -0.1) is 11.3 Å². The number of halogens is 1. The van der Waals surface area contributed by atoms with Crippen molar-refractivity contribution in [2.45, 2.75) is 46.1 Å². The van der Waals surface area contributed by atoms with E-state index in [4.69, 9.17) is 11.6 Å². The van der Waals surface area contributed by atoms with E-state index < -0.39 is 0 Å². The molecule has 0 fully saturated rings. The first-order valence-corrected chi connectivity index (χ1v) is 7.41. The summed E-state index contributed by atoms with van der Waals surface area (Å²) in [4.78, 5) is 1.30. The minimum absolute atomic E-state index is 0.433.